The SMILES string of the molecule is N#Cc1nc(-c2ccco2)oc1N1CCN(C(=O)NC2CCCc3occc32)CC1. The van der Waals surface area contributed by atoms with Crippen LogP contribution in [0.5, 0.6) is 0 Å². The van der Waals surface area contributed by atoms with Crippen LogP contribution in [-0.2, 0) is 6.42 Å². The van der Waals surface area contributed by atoms with Crippen LogP contribution in [0.4, 0.5) is 10.7 Å². The summed E-state index contributed by atoms with van der Waals surface area (Å²) < 4.78 is 16.6. The third kappa shape index (κ3) is 3.30. The lowest BCUT2D eigenvalue weighted by atomic mass is 9.93. The van der Waals surface area contributed by atoms with E-state index in [1.165, 1.54) is 6.26 Å². The molecule has 0 spiro atoms. The molecule has 1 aliphatic carbocycles. The highest BCUT2D eigenvalue weighted by atomic mass is 16.4. The van der Waals surface area contributed by atoms with Crippen LogP contribution in [0.2, 0.25) is 0 Å². The van der Waals surface area contributed by atoms with E-state index in [9.17, 15) is 10.1 Å². The van der Waals surface area contributed by atoms with Crippen molar-refractivity contribution in [2.75, 3.05) is 31.1 Å². The fourth-order valence-electron chi connectivity index (χ4n) is 4.09. The summed E-state index contributed by atoms with van der Waals surface area (Å²) in [4.78, 5) is 20.8. The highest BCUT2D eigenvalue weighted by Gasteiger charge is 2.29. The molecular formula is C21H21N5O4. The number of anilines is 1. The van der Waals surface area contributed by atoms with Crippen LogP contribution in [0.1, 0.15) is 35.9 Å². The van der Waals surface area contributed by atoms with Gasteiger partial charge in [0.1, 0.15) is 11.8 Å². The summed E-state index contributed by atoms with van der Waals surface area (Å²) in [6.45, 7) is 2.16. The second-order valence-corrected chi connectivity index (χ2v) is 7.43. The maximum Gasteiger partial charge on any atom is 0.318 e. The van der Waals surface area contributed by atoms with Crippen LogP contribution in [0.15, 0.2) is 44.0 Å². The van der Waals surface area contributed by atoms with E-state index >= 15 is 0 Å². The first-order valence-electron chi connectivity index (χ1n) is 10.0. The van der Waals surface area contributed by atoms with Crippen LogP contribution < -0.4 is 10.2 Å². The molecule has 1 fully saturated rings. The number of hydrogen-bond donors (Lipinski definition) is 1. The van der Waals surface area contributed by atoms with Crippen molar-refractivity contribution in [2.24, 2.45) is 0 Å². The van der Waals surface area contributed by atoms with Crippen molar-refractivity contribution in [2.45, 2.75) is 25.3 Å². The lowest BCUT2D eigenvalue weighted by molar-refractivity contribution is 0.188. The highest BCUT2D eigenvalue weighted by Crippen LogP contribution is 2.31. The molecule has 0 radical (unpaired) electrons. The highest BCUT2D eigenvalue weighted by molar-refractivity contribution is 5.75. The number of nitriles is 1. The number of oxazole rings is 1. The maximum atomic E-state index is 12.8. The predicted octanol–water partition coefficient (Wildman–Crippen LogP) is 3.31. The van der Waals surface area contributed by atoms with Crippen LogP contribution in [-0.4, -0.2) is 42.1 Å². The number of hydrogen-bond acceptors (Lipinski definition) is 7. The molecule has 1 unspecified atom stereocenters. The maximum absolute atomic E-state index is 12.8. The summed E-state index contributed by atoms with van der Waals surface area (Å²) in [6, 6.07) is 7.41. The number of nitrogens with zero attached hydrogens (tertiary/aromatic N) is 4. The molecule has 9 nitrogen and oxygen atoms in total. The summed E-state index contributed by atoms with van der Waals surface area (Å²) in [5.74, 6) is 2.14. The first kappa shape index (κ1) is 18.4. The topological polar surface area (TPSA) is 112 Å². The molecule has 5 rings (SSSR count). The van der Waals surface area contributed by atoms with Gasteiger partial charge in [-0.05, 0) is 31.0 Å². The number of carbonyl (C=O) groups excluding carboxylic acids is 1. The minimum Gasteiger partial charge on any atom is -0.469 e. The number of fused-ring (bicyclic) bond motifs is 1. The first-order chi connectivity index (χ1) is 14.7. The molecular weight excluding hydrogens is 386 g/mol. The summed E-state index contributed by atoms with van der Waals surface area (Å²) in [5.41, 5.74) is 1.30. The van der Waals surface area contributed by atoms with Gasteiger partial charge in [-0.2, -0.15) is 10.2 Å². The number of aromatic nitrogens is 1. The number of amides is 2. The molecule has 154 valence electrons. The zero-order chi connectivity index (χ0) is 20.5. The fourth-order valence-corrected chi connectivity index (χ4v) is 4.09. The number of aryl methyl sites for hydroxylation is 1. The molecule has 1 aliphatic heterocycles. The number of urea groups is 1. The number of nitrogens with one attached hydrogen (secondary N) is 1. The van der Waals surface area contributed by atoms with Gasteiger partial charge in [0.25, 0.3) is 5.89 Å². The van der Waals surface area contributed by atoms with E-state index in [2.05, 4.69) is 16.4 Å². The Morgan fingerprint density at radius 3 is 2.83 bits per heavy atom. The van der Waals surface area contributed by atoms with E-state index in [0.29, 0.717) is 37.8 Å². The Morgan fingerprint density at radius 1 is 1.20 bits per heavy atom. The molecule has 1 atom stereocenters. The normalized spacial score (nSPS) is 18.7. The molecule has 1 saturated heterocycles. The Bertz CT molecular complexity index is 1070. The third-order valence-electron chi connectivity index (χ3n) is 5.65. The summed E-state index contributed by atoms with van der Waals surface area (Å²) in [6.07, 6.45) is 6.05. The van der Waals surface area contributed by atoms with Gasteiger partial charge in [0.05, 0.1) is 18.6 Å². The molecule has 3 aromatic heterocycles. The van der Waals surface area contributed by atoms with Crippen molar-refractivity contribution in [1.82, 2.24) is 15.2 Å². The molecule has 2 aliphatic rings. The van der Waals surface area contributed by atoms with E-state index < -0.39 is 0 Å². The molecule has 4 heterocycles. The molecule has 3 aromatic rings. The van der Waals surface area contributed by atoms with Crippen LogP contribution in [0.3, 0.4) is 0 Å². The largest absolute Gasteiger partial charge is 0.469 e. The van der Waals surface area contributed by atoms with Gasteiger partial charge in [-0.3, -0.25) is 0 Å². The summed E-state index contributed by atoms with van der Waals surface area (Å²) in [7, 11) is 0. The molecule has 0 bridgehead atoms. The average molecular weight is 407 g/mol. The zero-order valence-corrected chi connectivity index (χ0v) is 16.3. The molecule has 1 N–H and O–H groups in total. The van der Waals surface area contributed by atoms with E-state index in [0.717, 1.165) is 30.6 Å². The van der Waals surface area contributed by atoms with E-state index in [1.54, 1.807) is 23.3 Å². The van der Waals surface area contributed by atoms with E-state index in [1.807, 2.05) is 11.0 Å². The molecule has 0 saturated carbocycles. The average Bonchev–Trinajstić information content (AvgIpc) is 3.54. The zero-order valence-electron chi connectivity index (χ0n) is 16.3. The minimum atomic E-state index is -0.0805. The lowest BCUT2D eigenvalue weighted by Gasteiger charge is -2.35. The number of piperazine rings is 1. The van der Waals surface area contributed by atoms with Crippen molar-refractivity contribution in [1.29, 1.82) is 5.26 Å². The minimum absolute atomic E-state index is 0.00616. The molecule has 2 amide bonds. The summed E-state index contributed by atoms with van der Waals surface area (Å²) in [5, 5.41) is 12.6. The molecule has 30 heavy (non-hydrogen) atoms. The first-order valence-corrected chi connectivity index (χ1v) is 10.0. The van der Waals surface area contributed by atoms with Gasteiger partial charge in [-0.15, -0.1) is 0 Å². The van der Waals surface area contributed by atoms with Gasteiger partial charge in [-0.25, -0.2) is 4.79 Å². The van der Waals surface area contributed by atoms with Gasteiger partial charge >= 0.3 is 6.03 Å². The summed E-state index contributed by atoms with van der Waals surface area (Å²) >= 11 is 0. The van der Waals surface area contributed by atoms with Crippen LogP contribution in [0, 0.1) is 11.3 Å². The second kappa shape index (κ2) is 7.63. The monoisotopic (exact) mass is 407 g/mol. The quantitative estimate of drug-likeness (QED) is 0.709. The predicted molar refractivity (Wildman–Crippen MR) is 106 cm³/mol. The third-order valence-corrected chi connectivity index (χ3v) is 5.65. The number of furan rings is 2. The van der Waals surface area contributed by atoms with Gasteiger partial charge in [0.2, 0.25) is 11.6 Å². The van der Waals surface area contributed by atoms with Gasteiger partial charge in [0.15, 0.2) is 5.76 Å². The van der Waals surface area contributed by atoms with Crippen molar-refractivity contribution in [3.63, 3.8) is 0 Å². The van der Waals surface area contributed by atoms with Crippen molar-refractivity contribution in [3.05, 3.63) is 47.7 Å². The van der Waals surface area contributed by atoms with Gasteiger partial charge in [-0.1, -0.05) is 0 Å². The van der Waals surface area contributed by atoms with Crippen molar-refractivity contribution in [3.8, 4) is 17.7 Å². The fraction of sp³-hybridized carbons (Fsp3) is 0.381. The number of carbonyl (C=O) groups is 1. The Labute approximate surface area is 172 Å². The van der Waals surface area contributed by atoms with E-state index in [4.69, 9.17) is 13.3 Å². The standard InChI is InChI=1S/C21H21N5O4/c22-13-16-20(30-19(23-16)18-5-2-11-28-18)25-7-9-26(10-8-25)21(27)24-15-3-1-4-17-14(15)6-12-29-17/h2,5-6,11-12,15H,1,3-4,7-10H2,(H,24,27). The smallest absolute Gasteiger partial charge is 0.318 e. The Balaban J connectivity index is 1.23. The lowest BCUT2D eigenvalue weighted by Crippen LogP contribution is -2.52. The van der Waals surface area contributed by atoms with Gasteiger partial charge < -0.3 is 28.4 Å². The van der Waals surface area contributed by atoms with Crippen molar-refractivity contribution < 1.29 is 18.0 Å². The Kier molecular flexibility index (Phi) is 4.67. The van der Waals surface area contributed by atoms with Crippen LogP contribution >= 0.6 is 0 Å². The molecule has 0 aromatic carbocycles. The number of rotatable bonds is 3. The molecule has 9 heteroatoms. The van der Waals surface area contributed by atoms with E-state index in [-0.39, 0.29) is 23.7 Å². The second-order valence-electron chi connectivity index (χ2n) is 7.43. The van der Waals surface area contributed by atoms with Gasteiger partial charge in [0, 0.05) is 38.2 Å². The van der Waals surface area contributed by atoms with Crippen molar-refractivity contribution >= 4 is 11.9 Å². The Hall–Kier alpha value is -3.67. The van der Waals surface area contributed by atoms with Crippen LogP contribution in [0.25, 0.3) is 11.7 Å². The Morgan fingerprint density at radius 2 is 2.07 bits per heavy atom.